The highest BCUT2D eigenvalue weighted by atomic mass is 32.2. The molecule has 0 amide bonds. The van der Waals surface area contributed by atoms with Crippen molar-refractivity contribution in [2.45, 2.75) is 18.9 Å². The Balaban J connectivity index is 1.51. The zero-order chi connectivity index (χ0) is 17.4. The largest absolute Gasteiger partial charge is 0.315 e. The van der Waals surface area contributed by atoms with Gasteiger partial charge in [-0.2, -0.15) is 4.31 Å². The molecule has 8 nitrogen and oxygen atoms in total. The van der Waals surface area contributed by atoms with Gasteiger partial charge in [-0.15, -0.1) is 0 Å². The molecule has 3 saturated heterocycles. The van der Waals surface area contributed by atoms with Crippen LogP contribution in [0.15, 0.2) is 0 Å². The summed E-state index contributed by atoms with van der Waals surface area (Å²) in [5.41, 5.74) is 0. The molecule has 0 aromatic heterocycles. The van der Waals surface area contributed by atoms with Gasteiger partial charge in [-0.05, 0) is 25.3 Å². The number of hydrogen-bond donors (Lipinski definition) is 1. The van der Waals surface area contributed by atoms with E-state index in [-0.39, 0.29) is 11.7 Å². The Morgan fingerprint density at radius 3 is 2.21 bits per heavy atom. The fraction of sp³-hybridized carbons (Fsp3) is 1.00. The second-order valence-corrected chi connectivity index (χ2v) is 11.1. The van der Waals surface area contributed by atoms with E-state index >= 15 is 0 Å². The fourth-order valence-electron chi connectivity index (χ4n) is 3.94. The number of piperazine rings is 1. The second kappa shape index (κ2) is 7.16. The van der Waals surface area contributed by atoms with Crippen LogP contribution in [-0.2, 0) is 20.0 Å². The molecule has 3 aliphatic rings. The van der Waals surface area contributed by atoms with Crippen molar-refractivity contribution >= 4 is 20.0 Å². The normalized spacial score (nSPS) is 31.7. The molecule has 0 spiro atoms. The van der Waals surface area contributed by atoms with Gasteiger partial charge >= 0.3 is 0 Å². The van der Waals surface area contributed by atoms with Crippen molar-refractivity contribution < 1.29 is 16.8 Å². The van der Waals surface area contributed by atoms with Crippen LogP contribution in [0.2, 0.25) is 0 Å². The van der Waals surface area contributed by atoms with Crippen molar-refractivity contribution in [2.24, 2.45) is 5.92 Å². The third-order valence-electron chi connectivity index (χ3n) is 5.38. The molecule has 0 saturated carbocycles. The van der Waals surface area contributed by atoms with Crippen molar-refractivity contribution in [3.8, 4) is 0 Å². The predicted octanol–water partition coefficient (Wildman–Crippen LogP) is -1.42. The summed E-state index contributed by atoms with van der Waals surface area (Å²) in [6.07, 6.45) is 2.94. The average Bonchev–Trinajstić information content (AvgIpc) is 3.17. The molecule has 140 valence electrons. The number of rotatable bonds is 5. The molecule has 3 heterocycles. The van der Waals surface area contributed by atoms with Gasteiger partial charge in [-0.3, -0.25) is 4.90 Å². The van der Waals surface area contributed by atoms with E-state index in [1.165, 1.54) is 10.6 Å². The Morgan fingerprint density at radius 1 is 0.958 bits per heavy atom. The van der Waals surface area contributed by atoms with E-state index in [4.69, 9.17) is 0 Å². The van der Waals surface area contributed by atoms with E-state index in [9.17, 15) is 16.8 Å². The molecule has 24 heavy (non-hydrogen) atoms. The molecule has 0 radical (unpaired) electrons. The number of nitrogens with one attached hydrogen (secondary N) is 1. The lowest BCUT2D eigenvalue weighted by Crippen LogP contribution is -2.53. The first-order valence-electron chi connectivity index (χ1n) is 8.63. The zero-order valence-corrected chi connectivity index (χ0v) is 15.9. The average molecular weight is 381 g/mol. The standard InChI is InChI=1S/C14H28N4O4S2/c1-23(19,20)18-5-3-13(11-18)12-24(21,22)17-8-6-16(7-9-17)14-2-4-15-10-14/h13-15H,2-12H2,1H3. The van der Waals surface area contributed by atoms with Gasteiger partial charge in [-0.25, -0.2) is 21.1 Å². The number of sulfonamides is 2. The molecular weight excluding hydrogens is 352 g/mol. The lowest BCUT2D eigenvalue weighted by molar-refractivity contribution is 0.145. The molecule has 3 rings (SSSR count). The minimum absolute atomic E-state index is 0.0595. The number of nitrogens with zero attached hydrogens (tertiary/aromatic N) is 3. The van der Waals surface area contributed by atoms with Crippen LogP contribution in [0.3, 0.4) is 0 Å². The summed E-state index contributed by atoms with van der Waals surface area (Å²) in [5, 5.41) is 3.35. The van der Waals surface area contributed by atoms with Gasteiger partial charge in [0.05, 0.1) is 12.0 Å². The Morgan fingerprint density at radius 2 is 1.67 bits per heavy atom. The molecule has 2 unspecified atom stereocenters. The highest BCUT2D eigenvalue weighted by molar-refractivity contribution is 7.89. The van der Waals surface area contributed by atoms with E-state index in [0.717, 1.165) is 32.6 Å². The molecule has 2 atom stereocenters. The van der Waals surface area contributed by atoms with Crippen LogP contribution in [0.4, 0.5) is 0 Å². The third-order valence-corrected chi connectivity index (χ3v) is 8.70. The summed E-state index contributed by atoms with van der Waals surface area (Å²) in [5.74, 6) is -0.0360. The summed E-state index contributed by atoms with van der Waals surface area (Å²) < 4.78 is 51.4. The van der Waals surface area contributed by atoms with E-state index in [1.54, 1.807) is 4.31 Å². The summed E-state index contributed by atoms with van der Waals surface area (Å²) >= 11 is 0. The quantitative estimate of drug-likeness (QED) is 0.629. The lowest BCUT2D eigenvalue weighted by Gasteiger charge is -2.37. The molecule has 0 aromatic rings. The highest BCUT2D eigenvalue weighted by Gasteiger charge is 2.35. The molecule has 1 N–H and O–H groups in total. The van der Waals surface area contributed by atoms with Gasteiger partial charge in [0.25, 0.3) is 0 Å². The first-order chi connectivity index (χ1) is 11.3. The zero-order valence-electron chi connectivity index (χ0n) is 14.2. The minimum Gasteiger partial charge on any atom is -0.315 e. The van der Waals surface area contributed by atoms with Gasteiger partial charge in [0.15, 0.2) is 0 Å². The van der Waals surface area contributed by atoms with Crippen molar-refractivity contribution in [1.82, 2.24) is 18.8 Å². The molecule has 3 aliphatic heterocycles. The Labute approximate surface area is 145 Å². The summed E-state index contributed by atoms with van der Waals surface area (Å²) in [4.78, 5) is 2.38. The minimum atomic E-state index is -3.31. The molecule has 0 bridgehead atoms. The van der Waals surface area contributed by atoms with Crippen LogP contribution in [-0.4, -0.2) is 101 Å². The maximum Gasteiger partial charge on any atom is 0.214 e. The Hall–Kier alpha value is -0.260. The fourth-order valence-corrected chi connectivity index (χ4v) is 6.65. The predicted molar refractivity (Wildman–Crippen MR) is 92.7 cm³/mol. The maximum absolute atomic E-state index is 12.7. The third kappa shape index (κ3) is 4.28. The Bertz CT molecular complexity index is 638. The second-order valence-electron chi connectivity index (χ2n) is 7.14. The first-order valence-corrected chi connectivity index (χ1v) is 12.1. The smallest absolute Gasteiger partial charge is 0.214 e. The number of hydrogen-bond acceptors (Lipinski definition) is 6. The van der Waals surface area contributed by atoms with Gasteiger partial charge in [0.2, 0.25) is 20.0 Å². The van der Waals surface area contributed by atoms with Crippen molar-refractivity contribution in [3.05, 3.63) is 0 Å². The Kier molecular flexibility index (Phi) is 5.53. The van der Waals surface area contributed by atoms with Crippen molar-refractivity contribution in [3.63, 3.8) is 0 Å². The molecular formula is C14H28N4O4S2. The van der Waals surface area contributed by atoms with Gasteiger partial charge in [0.1, 0.15) is 0 Å². The molecule has 0 aromatic carbocycles. The summed E-state index contributed by atoms with van der Waals surface area (Å²) in [6, 6.07) is 0.535. The summed E-state index contributed by atoms with van der Waals surface area (Å²) in [6.45, 7) is 5.45. The van der Waals surface area contributed by atoms with Crippen LogP contribution in [0.5, 0.6) is 0 Å². The van der Waals surface area contributed by atoms with E-state index in [1.807, 2.05) is 0 Å². The van der Waals surface area contributed by atoms with Crippen LogP contribution in [0.1, 0.15) is 12.8 Å². The van der Waals surface area contributed by atoms with E-state index in [0.29, 0.717) is 38.6 Å². The topological polar surface area (TPSA) is 90.0 Å². The van der Waals surface area contributed by atoms with Crippen LogP contribution < -0.4 is 5.32 Å². The molecule has 0 aliphatic carbocycles. The highest BCUT2D eigenvalue weighted by Crippen LogP contribution is 2.22. The SMILES string of the molecule is CS(=O)(=O)N1CCC(CS(=O)(=O)N2CCN(C3CCNC3)CC2)C1. The van der Waals surface area contributed by atoms with Gasteiger partial charge in [0, 0.05) is 51.9 Å². The van der Waals surface area contributed by atoms with Crippen LogP contribution in [0.25, 0.3) is 0 Å². The van der Waals surface area contributed by atoms with Crippen molar-refractivity contribution in [2.75, 3.05) is 64.4 Å². The maximum atomic E-state index is 12.7. The lowest BCUT2D eigenvalue weighted by atomic mass is 10.2. The summed E-state index contributed by atoms with van der Waals surface area (Å²) in [7, 11) is -6.53. The van der Waals surface area contributed by atoms with Crippen LogP contribution in [0, 0.1) is 5.92 Å². The van der Waals surface area contributed by atoms with E-state index in [2.05, 4.69) is 10.2 Å². The van der Waals surface area contributed by atoms with Crippen LogP contribution >= 0.6 is 0 Å². The molecule has 3 fully saturated rings. The van der Waals surface area contributed by atoms with E-state index < -0.39 is 20.0 Å². The molecule has 10 heteroatoms. The van der Waals surface area contributed by atoms with Crippen molar-refractivity contribution in [1.29, 1.82) is 0 Å². The monoisotopic (exact) mass is 380 g/mol. The van der Waals surface area contributed by atoms with Gasteiger partial charge in [-0.1, -0.05) is 0 Å². The first kappa shape index (κ1) is 18.5. The van der Waals surface area contributed by atoms with Gasteiger partial charge < -0.3 is 5.32 Å².